The Hall–Kier alpha value is -2.07. The molecule has 0 atom stereocenters. The molecule has 1 aliphatic carbocycles. The van der Waals surface area contributed by atoms with Crippen LogP contribution >= 0.6 is 34.5 Å². The van der Waals surface area contributed by atoms with Crippen molar-refractivity contribution in [1.82, 2.24) is 0 Å². The second-order valence-corrected chi connectivity index (χ2v) is 7.70. The fraction of sp³-hybridized carbons (Fsp3) is 0.278. The van der Waals surface area contributed by atoms with Gasteiger partial charge in [-0.1, -0.05) is 23.2 Å². The smallest absolute Gasteiger partial charge is 0.338 e. The number of nitriles is 1. The minimum absolute atomic E-state index is 0.205. The molecule has 3 rings (SSSR count). The van der Waals surface area contributed by atoms with E-state index in [4.69, 9.17) is 27.9 Å². The summed E-state index contributed by atoms with van der Waals surface area (Å²) in [7, 11) is 0. The number of rotatable bonds is 4. The number of benzene rings is 1. The molecule has 0 spiro atoms. The van der Waals surface area contributed by atoms with Crippen molar-refractivity contribution in [3.8, 4) is 6.07 Å². The quantitative estimate of drug-likeness (QED) is 0.749. The summed E-state index contributed by atoms with van der Waals surface area (Å²) in [4.78, 5) is 25.3. The van der Waals surface area contributed by atoms with E-state index in [-0.39, 0.29) is 10.6 Å². The van der Waals surface area contributed by atoms with Crippen molar-refractivity contribution in [3.05, 3.63) is 49.8 Å². The van der Waals surface area contributed by atoms with Crippen LogP contribution in [0.3, 0.4) is 0 Å². The van der Waals surface area contributed by atoms with E-state index in [1.165, 1.54) is 29.5 Å². The van der Waals surface area contributed by atoms with E-state index >= 15 is 0 Å². The summed E-state index contributed by atoms with van der Waals surface area (Å²) in [5.74, 6) is -1.17. The fourth-order valence-corrected chi connectivity index (χ4v) is 4.33. The Bertz CT molecular complexity index is 918. The summed E-state index contributed by atoms with van der Waals surface area (Å²) < 4.78 is 5.00. The van der Waals surface area contributed by atoms with Crippen molar-refractivity contribution >= 4 is 51.4 Å². The number of aryl methyl sites for hydroxylation is 1. The molecule has 0 saturated carbocycles. The monoisotopic (exact) mass is 408 g/mol. The molecule has 2 aromatic rings. The van der Waals surface area contributed by atoms with E-state index in [1.54, 1.807) is 0 Å². The third-order valence-corrected chi connectivity index (χ3v) is 5.97. The van der Waals surface area contributed by atoms with E-state index in [1.807, 2.05) is 0 Å². The zero-order chi connectivity index (χ0) is 18.7. The van der Waals surface area contributed by atoms with E-state index in [9.17, 15) is 14.9 Å². The first-order chi connectivity index (χ1) is 12.5. The van der Waals surface area contributed by atoms with Gasteiger partial charge in [-0.25, -0.2) is 4.79 Å². The summed E-state index contributed by atoms with van der Waals surface area (Å²) >= 11 is 13.1. The predicted octanol–water partition coefficient (Wildman–Crippen LogP) is 4.60. The molecule has 1 aromatic heterocycles. The van der Waals surface area contributed by atoms with E-state index < -0.39 is 18.5 Å². The fourth-order valence-electron chi connectivity index (χ4n) is 2.77. The van der Waals surface area contributed by atoms with Gasteiger partial charge < -0.3 is 10.1 Å². The third kappa shape index (κ3) is 4.01. The highest BCUT2D eigenvalue weighted by Gasteiger charge is 2.22. The van der Waals surface area contributed by atoms with Crippen LogP contribution in [0.25, 0.3) is 0 Å². The molecule has 0 saturated heterocycles. The largest absolute Gasteiger partial charge is 0.452 e. The molecule has 26 heavy (non-hydrogen) atoms. The maximum atomic E-state index is 12.1. The Morgan fingerprint density at radius 2 is 2.00 bits per heavy atom. The maximum absolute atomic E-state index is 12.1. The first-order valence-corrected chi connectivity index (χ1v) is 9.53. The molecular weight excluding hydrogens is 395 g/mol. The molecule has 8 heteroatoms. The highest BCUT2D eigenvalue weighted by Crippen LogP contribution is 2.37. The van der Waals surface area contributed by atoms with Crippen LogP contribution < -0.4 is 5.32 Å². The number of halogens is 2. The Labute approximate surface area is 164 Å². The minimum Gasteiger partial charge on any atom is -0.452 e. The van der Waals surface area contributed by atoms with Crippen molar-refractivity contribution in [1.29, 1.82) is 5.26 Å². The van der Waals surface area contributed by atoms with Crippen molar-refractivity contribution in [2.75, 3.05) is 11.9 Å². The van der Waals surface area contributed by atoms with Gasteiger partial charge in [0.2, 0.25) is 0 Å². The number of esters is 1. The molecule has 1 heterocycles. The maximum Gasteiger partial charge on any atom is 0.338 e. The summed E-state index contributed by atoms with van der Waals surface area (Å²) in [6.45, 7) is -0.452. The lowest BCUT2D eigenvalue weighted by Crippen LogP contribution is -2.20. The number of fused-ring (bicyclic) bond motifs is 1. The van der Waals surface area contributed by atoms with Gasteiger partial charge in [0.25, 0.3) is 5.91 Å². The average Bonchev–Trinajstić information content (AvgIpc) is 2.98. The lowest BCUT2D eigenvalue weighted by molar-refractivity contribution is -0.119. The SMILES string of the molecule is N#Cc1c(NC(=O)COC(=O)c2ccc(Cl)c(Cl)c2)sc2c1CCCC2. The van der Waals surface area contributed by atoms with Crippen molar-refractivity contribution in [3.63, 3.8) is 0 Å². The number of amides is 1. The molecule has 1 aliphatic rings. The molecule has 5 nitrogen and oxygen atoms in total. The molecule has 1 aromatic carbocycles. The van der Waals surface area contributed by atoms with Gasteiger partial charge in [0.15, 0.2) is 6.61 Å². The number of carbonyl (C=O) groups is 2. The average molecular weight is 409 g/mol. The summed E-state index contributed by atoms with van der Waals surface area (Å²) in [6, 6.07) is 6.50. The molecule has 0 bridgehead atoms. The lowest BCUT2D eigenvalue weighted by atomic mass is 9.96. The molecule has 0 radical (unpaired) electrons. The molecule has 134 valence electrons. The number of nitrogens with one attached hydrogen (secondary N) is 1. The van der Waals surface area contributed by atoms with Crippen LogP contribution in [0.4, 0.5) is 5.00 Å². The molecule has 0 fully saturated rings. The van der Waals surface area contributed by atoms with Crippen LogP contribution in [0.15, 0.2) is 18.2 Å². The van der Waals surface area contributed by atoms with Gasteiger partial charge in [-0.3, -0.25) is 4.79 Å². The van der Waals surface area contributed by atoms with Crippen molar-refractivity contribution in [2.45, 2.75) is 25.7 Å². The molecule has 1 amide bonds. The third-order valence-electron chi connectivity index (χ3n) is 4.03. The summed E-state index contributed by atoms with van der Waals surface area (Å²) in [5, 5.41) is 13.1. The van der Waals surface area contributed by atoms with Crippen molar-refractivity contribution in [2.24, 2.45) is 0 Å². The van der Waals surface area contributed by atoms with Gasteiger partial charge in [0, 0.05) is 4.88 Å². The second-order valence-electron chi connectivity index (χ2n) is 5.78. The van der Waals surface area contributed by atoms with Gasteiger partial charge in [-0.2, -0.15) is 5.26 Å². The summed E-state index contributed by atoms with van der Waals surface area (Å²) in [5.41, 5.74) is 1.76. The van der Waals surface area contributed by atoms with Crippen LogP contribution in [0.2, 0.25) is 10.0 Å². The van der Waals surface area contributed by atoms with Crippen LogP contribution in [0.5, 0.6) is 0 Å². The highest BCUT2D eigenvalue weighted by molar-refractivity contribution is 7.16. The van der Waals surface area contributed by atoms with E-state index in [0.29, 0.717) is 15.6 Å². The van der Waals surface area contributed by atoms with Gasteiger partial charge in [-0.05, 0) is 49.4 Å². The number of anilines is 1. The summed E-state index contributed by atoms with van der Waals surface area (Å²) in [6.07, 6.45) is 3.92. The lowest BCUT2D eigenvalue weighted by Gasteiger charge is -2.09. The minimum atomic E-state index is -0.676. The Morgan fingerprint density at radius 1 is 1.23 bits per heavy atom. The number of nitrogens with zero attached hydrogens (tertiary/aromatic N) is 1. The molecule has 0 unspecified atom stereocenters. The Morgan fingerprint density at radius 3 is 2.73 bits per heavy atom. The van der Waals surface area contributed by atoms with Gasteiger partial charge >= 0.3 is 5.97 Å². The first kappa shape index (κ1) is 18.7. The van der Waals surface area contributed by atoms with E-state index in [0.717, 1.165) is 36.1 Å². The van der Waals surface area contributed by atoms with Crippen LogP contribution in [-0.4, -0.2) is 18.5 Å². The number of thiophene rings is 1. The number of ether oxygens (including phenoxy) is 1. The van der Waals surface area contributed by atoms with Crippen LogP contribution in [-0.2, 0) is 22.4 Å². The Kier molecular flexibility index (Phi) is 5.82. The molecule has 0 aliphatic heterocycles. The van der Waals surface area contributed by atoms with E-state index in [2.05, 4.69) is 11.4 Å². The normalized spacial score (nSPS) is 12.8. The zero-order valence-electron chi connectivity index (χ0n) is 13.6. The van der Waals surface area contributed by atoms with Crippen LogP contribution in [0, 0.1) is 11.3 Å². The standard InChI is InChI=1S/C18H14Cl2N2O3S/c19-13-6-5-10(7-14(13)20)18(24)25-9-16(23)22-17-12(8-21)11-3-1-2-4-15(11)26-17/h5-7H,1-4,9H2,(H,22,23). The molecule has 1 N–H and O–H groups in total. The van der Waals surface area contributed by atoms with Crippen molar-refractivity contribution < 1.29 is 14.3 Å². The zero-order valence-corrected chi connectivity index (χ0v) is 15.9. The predicted molar refractivity (Wildman–Crippen MR) is 101 cm³/mol. The number of hydrogen-bond donors (Lipinski definition) is 1. The Balaban J connectivity index is 1.63. The number of carbonyl (C=O) groups excluding carboxylic acids is 2. The highest BCUT2D eigenvalue weighted by atomic mass is 35.5. The van der Waals surface area contributed by atoms with Gasteiger partial charge in [0.1, 0.15) is 11.1 Å². The number of hydrogen-bond acceptors (Lipinski definition) is 5. The van der Waals surface area contributed by atoms with Gasteiger partial charge in [0.05, 0.1) is 21.2 Å². The second kappa shape index (κ2) is 8.09. The van der Waals surface area contributed by atoms with Crippen LogP contribution in [0.1, 0.15) is 39.2 Å². The topological polar surface area (TPSA) is 79.2 Å². The molecular formula is C18H14Cl2N2O3S. The first-order valence-electron chi connectivity index (χ1n) is 7.96. The van der Waals surface area contributed by atoms with Gasteiger partial charge in [-0.15, -0.1) is 11.3 Å².